The number of benzene rings is 1. The van der Waals surface area contributed by atoms with Crippen molar-refractivity contribution in [2.24, 2.45) is 0 Å². The zero-order valence-electron chi connectivity index (χ0n) is 12.5. The van der Waals surface area contributed by atoms with Gasteiger partial charge in [-0.25, -0.2) is 4.79 Å². The van der Waals surface area contributed by atoms with E-state index in [0.717, 1.165) is 17.7 Å². The van der Waals surface area contributed by atoms with E-state index in [2.05, 4.69) is 36.5 Å². The molecule has 112 valence electrons. The van der Waals surface area contributed by atoms with Crippen LogP contribution in [0.25, 0.3) is 0 Å². The molecule has 1 heterocycles. The van der Waals surface area contributed by atoms with Gasteiger partial charge < -0.3 is 14.8 Å². The van der Waals surface area contributed by atoms with Crippen LogP contribution in [0, 0.1) is 6.92 Å². The quantitative estimate of drug-likeness (QED) is 0.799. The SMILES string of the molecule is CCCCc1ccc(NCc2cc(C(=O)O)oc2C)cc1. The third-order valence-electron chi connectivity index (χ3n) is 3.49. The number of anilines is 1. The topological polar surface area (TPSA) is 62.5 Å². The van der Waals surface area contributed by atoms with E-state index in [4.69, 9.17) is 9.52 Å². The number of carboxylic acid groups (broad SMARTS) is 1. The predicted octanol–water partition coefficient (Wildman–Crippen LogP) is 4.24. The van der Waals surface area contributed by atoms with Crippen molar-refractivity contribution in [3.05, 3.63) is 53.0 Å². The molecule has 0 saturated heterocycles. The van der Waals surface area contributed by atoms with Crippen molar-refractivity contribution in [3.63, 3.8) is 0 Å². The van der Waals surface area contributed by atoms with E-state index >= 15 is 0 Å². The van der Waals surface area contributed by atoms with Gasteiger partial charge in [0.2, 0.25) is 5.76 Å². The summed E-state index contributed by atoms with van der Waals surface area (Å²) in [6.45, 7) is 4.52. The molecular formula is C17H21NO3. The van der Waals surface area contributed by atoms with Crippen LogP contribution in [0.5, 0.6) is 0 Å². The number of hydrogen-bond donors (Lipinski definition) is 2. The average Bonchev–Trinajstić information content (AvgIpc) is 2.85. The van der Waals surface area contributed by atoms with Gasteiger partial charge in [-0.3, -0.25) is 0 Å². The number of rotatable bonds is 7. The van der Waals surface area contributed by atoms with E-state index in [1.807, 2.05) is 0 Å². The summed E-state index contributed by atoms with van der Waals surface area (Å²) >= 11 is 0. The molecule has 4 heteroatoms. The van der Waals surface area contributed by atoms with Crippen LogP contribution in [-0.4, -0.2) is 11.1 Å². The van der Waals surface area contributed by atoms with E-state index in [0.29, 0.717) is 12.3 Å². The molecular weight excluding hydrogens is 266 g/mol. The number of aromatic carboxylic acids is 1. The van der Waals surface area contributed by atoms with Crippen LogP contribution in [0.1, 0.15) is 47.2 Å². The van der Waals surface area contributed by atoms with Crippen molar-refractivity contribution in [1.82, 2.24) is 0 Å². The fourth-order valence-corrected chi connectivity index (χ4v) is 2.17. The minimum Gasteiger partial charge on any atom is -0.475 e. The molecule has 0 aliphatic rings. The van der Waals surface area contributed by atoms with Crippen LogP contribution >= 0.6 is 0 Å². The zero-order valence-corrected chi connectivity index (χ0v) is 12.5. The van der Waals surface area contributed by atoms with Crippen LogP contribution in [0.2, 0.25) is 0 Å². The van der Waals surface area contributed by atoms with Crippen molar-refractivity contribution >= 4 is 11.7 Å². The summed E-state index contributed by atoms with van der Waals surface area (Å²) in [5.41, 5.74) is 3.23. The van der Waals surface area contributed by atoms with Crippen LogP contribution in [-0.2, 0) is 13.0 Å². The van der Waals surface area contributed by atoms with E-state index in [1.54, 1.807) is 13.0 Å². The fourth-order valence-electron chi connectivity index (χ4n) is 2.17. The maximum absolute atomic E-state index is 10.9. The van der Waals surface area contributed by atoms with E-state index < -0.39 is 5.97 Å². The van der Waals surface area contributed by atoms with Crippen LogP contribution in [0.15, 0.2) is 34.7 Å². The Hall–Kier alpha value is -2.23. The molecule has 0 atom stereocenters. The molecule has 2 rings (SSSR count). The molecule has 0 unspecified atom stereocenters. The van der Waals surface area contributed by atoms with Crippen molar-refractivity contribution in [2.75, 3.05) is 5.32 Å². The molecule has 0 spiro atoms. The Morgan fingerprint density at radius 3 is 2.57 bits per heavy atom. The lowest BCUT2D eigenvalue weighted by atomic mass is 10.1. The molecule has 0 bridgehead atoms. The molecule has 21 heavy (non-hydrogen) atoms. The smallest absolute Gasteiger partial charge is 0.371 e. The summed E-state index contributed by atoms with van der Waals surface area (Å²) in [5.74, 6) is -0.414. The Morgan fingerprint density at radius 2 is 2.00 bits per heavy atom. The van der Waals surface area contributed by atoms with E-state index in [1.165, 1.54) is 18.4 Å². The second-order valence-electron chi connectivity index (χ2n) is 5.15. The first-order chi connectivity index (χ1) is 10.1. The lowest BCUT2D eigenvalue weighted by Crippen LogP contribution is -2.00. The Morgan fingerprint density at radius 1 is 1.29 bits per heavy atom. The molecule has 0 saturated carbocycles. The number of furan rings is 1. The van der Waals surface area contributed by atoms with E-state index in [-0.39, 0.29) is 5.76 Å². The van der Waals surface area contributed by atoms with Gasteiger partial charge in [-0.2, -0.15) is 0 Å². The molecule has 1 aromatic heterocycles. The van der Waals surface area contributed by atoms with Crippen molar-refractivity contribution in [2.45, 2.75) is 39.7 Å². The summed E-state index contributed by atoms with van der Waals surface area (Å²) in [4.78, 5) is 10.9. The van der Waals surface area contributed by atoms with Crippen molar-refractivity contribution < 1.29 is 14.3 Å². The van der Waals surface area contributed by atoms with Crippen LogP contribution in [0.4, 0.5) is 5.69 Å². The first-order valence-corrected chi connectivity index (χ1v) is 7.25. The molecule has 1 aromatic carbocycles. The predicted molar refractivity (Wildman–Crippen MR) is 82.8 cm³/mol. The van der Waals surface area contributed by atoms with Crippen molar-refractivity contribution in [3.8, 4) is 0 Å². The summed E-state index contributed by atoms with van der Waals surface area (Å²) < 4.78 is 5.19. The number of nitrogens with one attached hydrogen (secondary N) is 1. The molecule has 0 fully saturated rings. The van der Waals surface area contributed by atoms with Gasteiger partial charge in [0.25, 0.3) is 0 Å². The van der Waals surface area contributed by atoms with Crippen LogP contribution in [0.3, 0.4) is 0 Å². The first-order valence-electron chi connectivity index (χ1n) is 7.25. The van der Waals surface area contributed by atoms with Gasteiger partial charge in [0.1, 0.15) is 5.76 Å². The van der Waals surface area contributed by atoms with E-state index in [9.17, 15) is 4.79 Å². The number of unbranched alkanes of at least 4 members (excludes halogenated alkanes) is 1. The second-order valence-corrected chi connectivity index (χ2v) is 5.15. The highest BCUT2D eigenvalue weighted by molar-refractivity contribution is 5.84. The summed E-state index contributed by atoms with van der Waals surface area (Å²) in [5, 5.41) is 12.2. The van der Waals surface area contributed by atoms with Crippen LogP contribution < -0.4 is 5.32 Å². The number of carbonyl (C=O) groups is 1. The maximum atomic E-state index is 10.9. The molecule has 0 aliphatic carbocycles. The Balaban J connectivity index is 1.95. The first kappa shape index (κ1) is 15.2. The molecule has 4 nitrogen and oxygen atoms in total. The van der Waals surface area contributed by atoms with Gasteiger partial charge in [-0.15, -0.1) is 0 Å². The van der Waals surface area contributed by atoms with Gasteiger partial charge in [0, 0.05) is 17.8 Å². The van der Waals surface area contributed by atoms with Gasteiger partial charge in [0.05, 0.1) is 0 Å². The maximum Gasteiger partial charge on any atom is 0.371 e. The highest BCUT2D eigenvalue weighted by Crippen LogP contribution is 2.17. The molecule has 2 aromatic rings. The molecule has 0 amide bonds. The highest BCUT2D eigenvalue weighted by Gasteiger charge is 2.12. The molecule has 0 radical (unpaired) electrons. The summed E-state index contributed by atoms with van der Waals surface area (Å²) in [6, 6.07) is 9.93. The Bertz CT molecular complexity index is 599. The third kappa shape index (κ3) is 4.12. The lowest BCUT2D eigenvalue weighted by molar-refractivity contribution is 0.0661. The standard InChI is InChI=1S/C17H21NO3/c1-3-4-5-13-6-8-15(9-7-13)18-11-14-10-16(17(19)20)21-12(14)2/h6-10,18H,3-5,11H2,1-2H3,(H,19,20). The summed E-state index contributed by atoms with van der Waals surface area (Å²) in [6.07, 6.45) is 3.52. The highest BCUT2D eigenvalue weighted by atomic mass is 16.4. The second kappa shape index (κ2) is 6.97. The average molecular weight is 287 g/mol. The van der Waals surface area contributed by atoms with Gasteiger partial charge in [0.15, 0.2) is 0 Å². The van der Waals surface area contributed by atoms with Gasteiger partial charge >= 0.3 is 5.97 Å². The van der Waals surface area contributed by atoms with Gasteiger partial charge in [-0.05, 0) is 43.5 Å². The lowest BCUT2D eigenvalue weighted by Gasteiger charge is -2.07. The normalized spacial score (nSPS) is 10.6. The zero-order chi connectivity index (χ0) is 15.2. The monoisotopic (exact) mass is 287 g/mol. The Labute approximate surface area is 124 Å². The minimum atomic E-state index is -1.04. The third-order valence-corrected chi connectivity index (χ3v) is 3.49. The number of hydrogen-bond acceptors (Lipinski definition) is 3. The largest absolute Gasteiger partial charge is 0.475 e. The van der Waals surface area contributed by atoms with Crippen molar-refractivity contribution in [1.29, 1.82) is 0 Å². The fraction of sp³-hybridized carbons (Fsp3) is 0.353. The molecule has 2 N–H and O–H groups in total. The number of carboxylic acids is 1. The van der Waals surface area contributed by atoms with Gasteiger partial charge in [-0.1, -0.05) is 25.5 Å². The molecule has 0 aliphatic heterocycles. The minimum absolute atomic E-state index is 0.0146. The number of aryl methyl sites for hydroxylation is 2. The Kier molecular flexibility index (Phi) is 5.04. The summed E-state index contributed by atoms with van der Waals surface area (Å²) in [7, 11) is 0.